The van der Waals surface area contributed by atoms with Gasteiger partial charge in [0.15, 0.2) is 5.69 Å². The molecule has 104 valence electrons. The summed E-state index contributed by atoms with van der Waals surface area (Å²) in [6.07, 6.45) is 1.70. The summed E-state index contributed by atoms with van der Waals surface area (Å²) in [4.78, 5) is 14.4. The zero-order chi connectivity index (χ0) is 13.4. The fourth-order valence-corrected chi connectivity index (χ4v) is 3.55. The third-order valence-electron chi connectivity index (χ3n) is 4.01. The van der Waals surface area contributed by atoms with Gasteiger partial charge in [0.05, 0.1) is 36.2 Å². The van der Waals surface area contributed by atoms with E-state index in [1.165, 1.54) is 0 Å². The third kappa shape index (κ3) is 2.26. The molecule has 1 unspecified atom stereocenters. The largest absolute Gasteiger partial charge is 0.396 e. The van der Waals surface area contributed by atoms with Crippen molar-refractivity contribution in [3.8, 4) is 0 Å². The molecule has 1 saturated carbocycles. The summed E-state index contributed by atoms with van der Waals surface area (Å²) >= 11 is 1.07. The molecule has 1 N–H and O–H groups in total. The van der Waals surface area contributed by atoms with Gasteiger partial charge in [-0.15, -0.1) is 0 Å². The number of morpholine rings is 1. The second-order valence-electron chi connectivity index (χ2n) is 5.19. The molecule has 3 rings (SSSR count). The van der Waals surface area contributed by atoms with Gasteiger partial charge < -0.3 is 14.7 Å². The van der Waals surface area contributed by atoms with Crippen molar-refractivity contribution >= 4 is 17.6 Å². The fraction of sp³-hybridized carbons (Fsp3) is 0.750. The van der Waals surface area contributed by atoms with Crippen LogP contribution in [-0.4, -0.2) is 56.6 Å². The highest BCUT2D eigenvalue weighted by Gasteiger charge is 2.43. The number of nitrogens with zero attached hydrogens (tertiary/aromatic N) is 3. The van der Waals surface area contributed by atoms with Gasteiger partial charge in [-0.1, -0.05) is 0 Å². The van der Waals surface area contributed by atoms with Crippen LogP contribution in [0.5, 0.6) is 0 Å². The summed E-state index contributed by atoms with van der Waals surface area (Å²) in [6.45, 7) is 3.12. The van der Waals surface area contributed by atoms with Crippen LogP contribution in [0.3, 0.4) is 0 Å². The first-order chi connectivity index (χ1) is 9.20. The smallest absolute Gasteiger partial charge is 0.275 e. The van der Waals surface area contributed by atoms with Crippen LogP contribution in [0, 0.1) is 12.8 Å². The number of carbonyl (C=O) groups is 1. The number of hydrogen-bond donors (Lipinski definition) is 1. The summed E-state index contributed by atoms with van der Waals surface area (Å²) in [7, 11) is 0. The molecule has 0 spiro atoms. The second kappa shape index (κ2) is 5.15. The minimum absolute atomic E-state index is 0.0526. The van der Waals surface area contributed by atoms with E-state index >= 15 is 0 Å². The molecule has 2 aliphatic rings. The van der Waals surface area contributed by atoms with E-state index in [1.807, 2.05) is 4.90 Å². The molecule has 1 aromatic rings. The molecule has 2 fully saturated rings. The Morgan fingerprint density at radius 3 is 3.05 bits per heavy atom. The average molecular weight is 283 g/mol. The second-order valence-corrected chi connectivity index (χ2v) is 5.72. The molecule has 1 aliphatic heterocycles. The Bertz CT molecular complexity index is 479. The maximum absolute atomic E-state index is 12.5. The highest BCUT2D eigenvalue weighted by atomic mass is 32.1. The number of aliphatic hydroxyl groups is 1. The molecule has 0 bridgehead atoms. The molecule has 0 radical (unpaired) electrons. The first-order valence-corrected chi connectivity index (χ1v) is 7.26. The van der Waals surface area contributed by atoms with E-state index < -0.39 is 0 Å². The molecule has 2 heterocycles. The number of carbonyl (C=O) groups excluding carboxylic acids is 1. The Morgan fingerprint density at radius 1 is 1.53 bits per heavy atom. The molecule has 0 aromatic carbocycles. The van der Waals surface area contributed by atoms with Crippen molar-refractivity contribution in [2.24, 2.45) is 5.92 Å². The van der Waals surface area contributed by atoms with E-state index in [2.05, 4.69) is 8.75 Å². The van der Waals surface area contributed by atoms with Gasteiger partial charge in [-0.3, -0.25) is 4.79 Å². The lowest BCUT2D eigenvalue weighted by Crippen LogP contribution is -2.51. The predicted molar refractivity (Wildman–Crippen MR) is 69.0 cm³/mol. The molecule has 19 heavy (non-hydrogen) atoms. The predicted octanol–water partition coefficient (Wildman–Crippen LogP) is 0.458. The van der Waals surface area contributed by atoms with Gasteiger partial charge in [0.2, 0.25) is 0 Å². The maximum atomic E-state index is 12.5. The Labute approximate surface area is 115 Å². The summed E-state index contributed by atoms with van der Waals surface area (Å²) in [5, 5.41) is 9.29. The minimum Gasteiger partial charge on any atom is -0.396 e. The molecule has 1 aromatic heterocycles. The summed E-state index contributed by atoms with van der Waals surface area (Å²) in [5.74, 6) is 0.182. The van der Waals surface area contributed by atoms with Gasteiger partial charge in [-0.25, -0.2) is 0 Å². The topological polar surface area (TPSA) is 75.6 Å². The molecule has 7 heteroatoms. The molecule has 3 atom stereocenters. The van der Waals surface area contributed by atoms with Crippen LogP contribution in [0.1, 0.15) is 29.0 Å². The number of hydrogen-bond acceptors (Lipinski definition) is 6. The lowest BCUT2D eigenvalue weighted by molar-refractivity contribution is -0.0450. The van der Waals surface area contributed by atoms with Gasteiger partial charge in [-0.2, -0.15) is 8.75 Å². The molecular weight excluding hydrogens is 266 g/mol. The van der Waals surface area contributed by atoms with E-state index in [0.717, 1.165) is 24.6 Å². The van der Waals surface area contributed by atoms with Crippen molar-refractivity contribution in [3.05, 3.63) is 11.4 Å². The van der Waals surface area contributed by atoms with Crippen molar-refractivity contribution in [1.29, 1.82) is 0 Å². The van der Waals surface area contributed by atoms with E-state index in [1.54, 1.807) is 6.92 Å². The quantitative estimate of drug-likeness (QED) is 0.853. The van der Waals surface area contributed by atoms with Gasteiger partial charge >= 0.3 is 0 Å². The third-order valence-corrected chi connectivity index (χ3v) is 4.63. The lowest BCUT2D eigenvalue weighted by Gasteiger charge is -2.37. The first-order valence-electron chi connectivity index (χ1n) is 6.53. The number of aromatic nitrogens is 2. The summed E-state index contributed by atoms with van der Waals surface area (Å²) in [5.41, 5.74) is 1.15. The SMILES string of the molecule is Cc1nsnc1C(=O)N1CCOC2C[C@H](CO)C[C@@H]21. The number of aryl methyl sites for hydroxylation is 1. The van der Waals surface area contributed by atoms with Crippen LogP contribution < -0.4 is 0 Å². The van der Waals surface area contributed by atoms with Gasteiger partial charge in [0.1, 0.15) is 0 Å². The standard InChI is InChI=1S/C12H17N3O3S/c1-7-11(14-19-13-7)12(17)15-2-3-18-10-5-8(6-16)4-9(10)15/h8-10,16H,2-6H2,1H3/t8-,9+,10?/m1/s1. The van der Waals surface area contributed by atoms with Crippen molar-refractivity contribution in [2.75, 3.05) is 19.8 Å². The fourth-order valence-electron chi connectivity index (χ4n) is 3.01. The van der Waals surface area contributed by atoms with Gasteiger partial charge in [0, 0.05) is 13.2 Å². The highest BCUT2D eigenvalue weighted by Crippen LogP contribution is 2.34. The normalized spacial score (nSPS) is 30.4. The number of amides is 1. The first kappa shape index (κ1) is 13.0. The van der Waals surface area contributed by atoms with Crippen LogP contribution in [0.25, 0.3) is 0 Å². The Kier molecular flexibility index (Phi) is 3.51. The molecular formula is C12H17N3O3S. The van der Waals surface area contributed by atoms with E-state index in [4.69, 9.17) is 4.74 Å². The average Bonchev–Trinajstić information content (AvgIpc) is 3.02. The zero-order valence-electron chi connectivity index (χ0n) is 10.8. The zero-order valence-corrected chi connectivity index (χ0v) is 11.6. The van der Waals surface area contributed by atoms with Crippen molar-refractivity contribution in [3.63, 3.8) is 0 Å². The van der Waals surface area contributed by atoms with Crippen LogP contribution >= 0.6 is 11.7 Å². The number of aliphatic hydroxyl groups excluding tert-OH is 1. The molecule has 1 amide bonds. The number of rotatable bonds is 2. The van der Waals surface area contributed by atoms with Crippen LogP contribution in [0.2, 0.25) is 0 Å². The van der Waals surface area contributed by atoms with Crippen molar-refractivity contribution in [2.45, 2.75) is 31.9 Å². The van der Waals surface area contributed by atoms with Crippen LogP contribution in [-0.2, 0) is 4.74 Å². The lowest BCUT2D eigenvalue weighted by atomic mass is 10.1. The van der Waals surface area contributed by atoms with E-state index in [-0.39, 0.29) is 30.6 Å². The maximum Gasteiger partial charge on any atom is 0.275 e. The van der Waals surface area contributed by atoms with Crippen molar-refractivity contribution < 1.29 is 14.6 Å². The van der Waals surface area contributed by atoms with Crippen molar-refractivity contribution in [1.82, 2.24) is 13.6 Å². The van der Waals surface area contributed by atoms with Crippen LogP contribution in [0.4, 0.5) is 0 Å². The Hall–Kier alpha value is -1.05. The summed E-state index contributed by atoms with van der Waals surface area (Å²) in [6, 6.07) is 0.0690. The number of ether oxygens (including phenoxy) is 1. The molecule has 6 nitrogen and oxygen atoms in total. The Balaban J connectivity index is 1.80. The molecule has 1 saturated heterocycles. The monoisotopic (exact) mass is 283 g/mol. The number of fused-ring (bicyclic) bond motifs is 1. The molecule has 1 aliphatic carbocycles. The summed E-state index contributed by atoms with van der Waals surface area (Å²) < 4.78 is 13.9. The Morgan fingerprint density at radius 2 is 2.37 bits per heavy atom. The van der Waals surface area contributed by atoms with E-state index in [0.29, 0.717) is 24.5 Å². The minimum atomic E-state index is -0.0526. The van der Waals surface area contributed by atoms with Gasteiger partial charge in [0.25, 0.3) is 5.91 Å². The highest BCUT2D eigenvalue weighted by molar-refractivity contribution is 6.99. The van der Waals surface area contributed by atoms with Gasteiger partial charge in [-0.05, 0) is 25.7 Å². The van der Waals surface area contributed by atoms with E-state index in [9.17, 15) is 9.90 Å². The van der Waals surface area contributed by atoms with Crippen LogP contribution in [0.15, 0.2) is 0 Å².